The fourth-order valence-electron chi connectivity index (χ4n) is 3.63. The highest BCUT2D eigenvalue weighted by Crippen LogP contribution is 2.15. The first-order chi connectivity index (χ1) is 16.2. The summed E-state index contributed by atoms with van der Waals surface area (Å²) in [5.74, 6) is -0.178. The third kappa shape index (κ3) is 4.83. The summed E-state index contributed by atoms with van der Waals surface area (Å²) >= 11 is 0. The number of pyridine rings is 1. The van der Waals surface area contributed by atoms with E-state index in [4.69, 9.17) is 4.74 Å². The quantitative estimate of drug-likeness (QED) is 0.344. The monoisotopic (exact) mass is 445 g/mol. The van der Waals surface area contributed by atoms with E-state index >= 15 is 0 Å². The van der Waals surface area contributed by atoms with Crippen LogP contribution in [0.3, 0.4) is 0 Å². The molecule has 1 aliphatic rings. The molecule has 11 heteroatoms. The maximum atomic E-state index is 12.2. The summed E-state index contributed by atoms with van der Waals surface area (Å²) in [6.07, 6.45) is 3.36. The van der Waals surface area contributed by atoms with E-state index in [1.54, 1.807) is 24.0 Å². The summed E-state index contributed by atoms with van der Waals surface area (Å²) in [7, 11) is 0. The average Bonchev–Trinajstić information content (AvgIpc) is 3.25. The molecule has 5 rings (SSSR count). The van der Waals surface area contributed by atoms with Gasteiger partial charge < -0.3 is 4.74 Å². The van der Waals surface area contributed by atoms with Gasteiger partial charge in [-0.2, -0.15) is 5.10 Å². The Balaban J connectivity index is 1.31. The molecular formula is C22H23N9O2. The summed E-state index contributed by atoms with van der Waals surface area (Å²) in [5.41, 5.74) is 6.67. The average molecular weight is 445 g/mol. The predicted molar refractivity (Wildman–Crippen MR) is 122 cm³/mol. The van der Waals surface area contributed by atoms with Crippen molar-refractivity contribution < 1.29 is 9.53 Å². The van der Waals surface area contributed by atoms with Crippen molar-refractivity contribution in [1.82, 2.24) is 40.3 Å². The number of carbonyl (C=O) groups excluding carboxylic acids is 1. The van der Waals surface area contributed by atoms with Crippen LogP contribution in [0.15, 0.2) is 47.8 Å². The number of fused-ring (bicyclic) bond motifs is 2. The first-order valence-corrected chi connectivity index (χ1v) is 10.7. The minimum absolute atomic E-state index is 0.178. The van der Waals surface area contributed by atoms with Crippen LogP contribution in [0.1, 0.15) is 18.2 Å². The fourth-order valence-corrected chi connectivity index (χ4v) is 3.63. The lowest BCUT2D eigenvalue weighted by Gasteiger charge is -2.25. The molecule has 0 radical (unpaired) electrons. The highest BCUT2D eigenvalue weighted by atomic mass is 16.5. The molecular weight excluding hydrogens is 422 g/mol. The number of nitrogens with zero attached hydrogens (tertiary/aromatic N) is 8. The first-order valence-electron chi connectivity index (χ1n) is 10.7. The molecule has 1 aliphatic heterocycles. The molecule has 1 fully saturated rings. The van der Waals surface area contributed by atoms with E-state index in [0.29, 0.717) is 42.5 Å². The standard InChI is InChI=1S/C22H23N9O2/c1-15(26-27-20(32)14-30-7-9-33-10-8-30)19-12-24-21-22(25-19)31(29-28-21)13-16-4-5-18-17(11-16)3-2-6-23-18/h2-6,11-12H,7-10,13-14H2,1H3,(H,27,32). The van der Waals surface area contributed by atoms with Crippen molar-refractivity contribution in [3.63, 3.8) is 0 Å². The van der Waals surface area contributed by atoms with Gasteiger partial charge in [-0.1, -0.05) is 17.3 Å². The van der Waals surface area contributed by atoms with Crippen LogP contribution in [-0.2, 0) is 16.1 Å². The molecule has 1 N–H and O–H groups in total. The summed E-state index contributed by atoms with van der Waals surface area (Å²) in [6.45, 7) is 5.31. The molecule has 1 amide bonds. The van der Waals surface area contributed by atoms with Gasteiger partial charge in [0, 0.05) is 24.7 Å². The van der Waals surface area contributed by atoms with Crippen LogP contribution in [0.4, 0.5) is 0 Å². The van der Waals surface area contributed by atoms with Crippen molar-refractivity contribution in [3.8, 4) is 0 Å². The Bertz CT molecular complexity index is 1330. The molecule has 0 bridgehead atoms. The molecule has 1 aromatic carbocycles. The zero-order valence-corrected chi connectivity index (χ0v) is 18.2. The van der Waals surface area contributed by atoms with Crippen molar-refractivity contribution >= 4 is 33.8 Å². The van der Waals surface area contributed by atoms with E-state index in [1.165, 1.54) is 0 Å². The Morgan fingerprint density at radius 2 is 2.09 bits per heavy atom. The smallest absolute Gasteiger partial charge is 0.254 e. The number of ether oxygens (including phenoxy) is 1. The van der Waals surface area contributed by atoms with Gasteiger partial charge in [-0.25, -0.2) is 20.1 Å². The minimum atomic E-state index is -0.178. The number of carbonyl (C=O) groups is 1. The SMILES string of the molecule is CC(=NNC(=O)CN1CCOCC1)c1cnc2nnn(Cc3ccc4ncccc4c3)c2n1. The predicted octanol–water partition coefficient (Wildman–Crippen LogP) is 0.990. The Morgan fingerprint density at radius 3 is 2.97 bits per heavy atom. The van der Waals surface area contributed by atoms with Crippen molar-refractivity contribution in [2.45, 2.75) is 13.5 Å². The number of hydrazone groups is 1. The number of hydrogen-bond donors (Lipinski definition) is 1. The Labute approximate surface area is 189 Å². The molecule has 4 heterocycles. The number of aromatic nitrogens is 6. The van der Waals surface area contributed by atoms with Crippen molar-refractivity contribution in [3.05, 3.63) is 54.0 Å². The zero-order valence-electron chi connectivity index (χ0n) is 18.2. The number of nitrogens with one attached hydrogen (secondary N) is 1. The van der Waals surface area contributed by atoms with Crippen LogP contribution >= 0.6 is 0 Å². The van der Waals surface area contributed by atoms with Gasteiger partial charge in [-0.05, 0) is 30.7 Å². The van der Waals surface area contributed by atoms with Crippen LogP contribution in [0, 0.1) is 0 Å². The van der Waals surface area contributed by atoms with Crippen LogP contribution < -0.4 is 5.43 Å². The number of rotatable bonds is 6. The summed E-state index contributed by atoms with van der Waals surface area (Å²) < 4.78 is 7.00. The van der Waals surface area contributed by atoms with Crippen molar-refractivity contribution in [2.24, 2.45) is 5.10 Å². The third-order valence-corrected chi connectivity index (χ3v) is 5.42. The molecule has 4 aromatic rings. The molecule has 0 aliphatic carbocycles. The van der Waals surface area contributed by atoms with Gasteiger partial charge in [-0.15, -0.1) is 5.10 Å². The summed E-state index contributed by atoms with van der Waals surface area (Å²) in [4.78, 5) is 27.6. The normalized spacial score (nSPS) is 15.2. The molecule has 0 atom stereocenters. The van der Waals surface area contributed by atoms with Gasteiger partial charge in [0.25, 0.3) is 5.91 Å². The molecule has 3 aromatic heterocycles. The van der Waals surface area contributed by atoms with E-state index in [1.807, 2.05) is 29.2 Å². The Hall–Kier alpha value is -3.83. The van der Waals surface area contributed by atoms with E-state index < -0.39 is 0 Å². The lowest BCUT2D eigenvalue weighted by atomic mass is 10.1. The van der Waals surface area contributed by atoms with Gasteiger partial charge in [0.1, 0.15) is 5.69 Å². The molecule has 0 unspecified atom stereocenters. The summed E-state index contributed by atoms with van der Waals surface area (Å²) in [6, 6.07) is 10.0. The lowest BCUT2D eigenvalue weighted by molar-refractivity contribution is -0.123. The maximum Gasteiger partial charge on any atom is 0.254 e. The third-order valence-electron chi connectivity index (χ3n) is 5.42. The second-order valence-corrected chi connectivity index (χ2v) is 7.80. The molecule has 1 saturated heterocycles. The minimum Gasteiger partial charge on any atom is -0.379 e. The summed E-state index contributed by atoms with van der Waals surface area (Å²) in [5, 5.41) is 13.6. The molecule has 33 heavy (non-hydrogen) atoms. The van der Waals surface area contributed by atoms with E-state index in [0.717, 1.165) is 29.6 Å². The van der Waals surface area contributed by atoms with Gasteiger partial charge in [-0.3, -0.25) is 14.7 Å². The number of benzene rings is 1. The van der Waals surface area contributed by atoms with E-state index in [2.05, 4.69) is 41.9 Å². The van der Waals surface area contributed by atoms with Gasteiger partial charge in [0.2, 0.25) is 5.65 Å². The van der Waals surface area contributed by atoms with Gasteiger partial charge in [0.15, 0.2) is 5.65 Å². The van der Waals surface area contributed by atoms with Crippen LogP contribution in [0.2, 0.25) is 0 Å². The highest BCUT2D eigenvalue weighted by Gasteiger charge is 2.15. The van der Waals surface area contributed by atoms with Crippen LogP contribution in [0.25, 0.3) is 22.2 Å². The number of hydrogen-bond acceptors (Lipinski definition) is 9. The van der Waals surface area contributed by atoms with Crippen LogP contribution in [-0.4, -0.2) is 79.3 Å². The molecule has 11 nitrogen and oxygen atoms in total. The molecule has 168 valence electrons. The Kier molecular flexibility index (Phi) is 5.96. The Morgan fingerprint density at radius 1 is 1.21 bits per heavy atom. The topological polar surface area (TPSA) is 123 Å². The fraction of sp³-hybridized carbons (Fsp3) is 0.318. The van der Waals surface area contributed by atoms with Crippen LogP contribution in [0.5, 0.6) is 0 Å². The van der Waals surface area contributed by atoms with Gasteiger partial charge in [0.05, 0.1) is 43.7 Å². The maximum absolute atomic E-state index is 12.2. The van der Waals surface area contributed by atoms with E-state index in [-0.39, 0.29) is 12.5 Å². The first kappa shape index (κ1) is 21.0. The zero-order chi connectivity index (χ0) is 22.6. The van der Waals surface area contributed by atoms with Crippen molar-refractivity contribution in [1.29, 1.82) is 0 Å². The molecule has 0 saturated carbocycles. The second kappa shape index (κ2) is 9.35. The van der Waals surface area contributed by atoms with Crippen molar-refractivity contribution in [2.75, 3.05) is 32.8 Å². The second-order valence-electron chi connectivity index (χ2n) is 7.80. The lowest BCUT2D eigenvalue weighted by Crippen LogP contribution is -2.42. The molecule has 0 spiro atoms. The number of morpholine rings is 1. The number of amides is 1. The van der Waals surface area contributed by atoms with E-state index in [9.17, 15) is 4.79 Å². The largest absolute Gasteiger partial charge is 0.379 e. The highest BCUT2D eigenvalue weighted by molar-refractivity contribution is 5.98. The van der Waals surface area contributed by atoms with Gasteiger partial charge >= 0.3 is 0 Å².